The molecule has 1 saturated heterocycles. The Bertz CT molecular complexity index is 1290. The van der Waals surface area contributed by atoms with Gasteiger partial charge in [0.25, 0.3) is 10.0 Å². The van der Waals surface area contributed by atoms with Crippen LogP contribution in [0.5, 0.6) is 0 Å². The van der Waals surface area contributed by atoms with Gasteiger partial charge in [0.2, 0.25) is 5.91 Å². The molecular formula is C23H24N4O3S2. The van der Waals surface area contributed by atoms with Crippen molar-refractivity contribution in [2.24, 2.45) is 10.3 Å². The number of aromatic nitrogens is 1. The summed E-state index contributed by atoms with van der Waals surface area (Å²) in [7, 11) is -1.79. The van der Waals surface area contributed by atoms with Gasteiger partial charge in [-0.15, -0.1) is 15.7 Å². The fourth-order valence-corrected chi connectivity index (χ4v) is 6.66. The zero-order chi connectivity index (χ0) is 22.5. The normalized spacial score (nSPS) is 18.9. The van der Waals surface area contributed by atoms with Gasteiger partial charge in [0.15, 0.2) is 5.84 Å². The molecule has 1 aromatic heterocycles. The number of carbonyl (C=O) groups is 1. The molecule has 0 radical (unpaired) electrons. The topological polar surface area (TPSA) is 82.9 Å². The van der Waals surface area contributed by atoms with Crippen LogP contribution in [-0.4, -0.2) is 55.1 Å². The first-order valence-electron chi connectivity index (χ1n) is 10.7. The zero-order valence-electron chi connectivity index (χ0n) is 17.9. The van der Waals surface area contributed by atoms with Crippen LogP contribution in [0, 0.1) is 5.92 Å². The molecular weight excluding hydrogens is 444 g/mol. The Morgan fingerprint density at radius 2 is 1.81 bits per heavy atom. The lowest BCUT2D eigenvalue weighted by Gasteiger charge is -2.35. The molecule has 5 rings (SSSR count). The van der Waals surface area contributed by atoms with E-state index in [4.69, 9.17) is 4.98 Å². The van der Waals surface area contributed by atoms with Crippen molar-refractivity contribution in [3.05, 3.63) is 59.1 Å². The van der Waals surface area contributed by atoms with Crippen molar-refractivity contribution in [2.45, 2.75) is 30.7 Å². The third-order valence-electron chi connectivity index (χ3n) is 6.35. The summed E-state index contributed by atoms with van der Waals surface area (Å²) in [5.41, 5.74) is 1.61. The number of likely N-dealkylation sites (tertiary alicyclic amines) is 1. The maximum Gasteiger partial charge on any atom is 0.285 e. The van der Waals surface area contributed by atoms with E-state index in [0.717, 1.165) is 15.2 Å². The highest BCUT2D eigenvalue weighted by atomic mass is 32.2. The molecule has 1 fully saturated rings. The van der Waals surface area contributed by atoms with Crippen molar-refractivity contribution >= 4 is 43.3 Å². The number of rotatable bonds is 3. The van der Waals surface area contributed by atoms with Crippen LogP contribution in [0.1, 0.15) is 36.4 Å². The average Bonchev–Trinajstić information content (AvgIpc) is 3.37. The lowest BCUT2D eigenvalue weighted by atomic mass is 9.94. The van der Waals surface area contributed by atoms with Gasteiger partial charge in [0.05, 0.1) is 16.3 Å². The summed E-state index contributed by atoms with van der Waals surface area (Å²) in [5.74, 6) is 0.516. The lowest BCUT2D eigenvalue weighted by Crippen LogP contribution is -2.44. The number of para-hydroxylation sites is 1. The average molecular weight is 469 g/mol. The molecule has 0 spiro atoms. The highest BCUT2D eigenvalue weighted by Crippen LogP contribution is 2.32. The number of carbonyl (C=O) groups excluding carboxylic acids is 1. The predicted octanol–water partition coefficient (Wildman–Crippen LogP) is 3.68. The molecule has 0 bridgehead atoms. The number of hydrogen-bond donors (Lipinski definition) is 0. The monoisotopic (exact) mass is 468 g/mol. The molecule has 9 heteroatoms. The summed E-state index contributed by atoms with van der Waals surface area (Å²) in [6, 6.07) is 14.8. The molecule has 2 aliphatic heterocycles. The smallest absolute Gasteiger partial charge is 0.285 e. The third kappa shape index (κ3) is 3.59. The standard InChI is InChI=1S/C23H24N4O3S2/c1-15(22-24-18-8-4-5-9-19(18)31-22)26(2)23(28)16-11-13-27(14-12-16)21-17-7-3-6-10-20(17)32(29,30)25-21/h3-10,15-16H,11-14H2,1-2H3/t15-/m0/s1. The van der Waals surface area contributed by atoms with Crippen LogP contribution in [0.15, 0.2) is 57.8 Å². The van der Waals surface area contributed by atoms with Gasteiger partial charge < -0.3 is 9.80 Å². The Labute approximate surface area is 191 Å². The molecule has 2 aromatic carbocycles. The van der Waals surface area contributed by atoms with E-state index in [9.17, 15) is 13.2 Å². The minimum absolute atomic E-state index is 0.0954. The third-order valence-corrected chi connectivity index (χ3v) is 8.88. The van der Waals surface area contributed by atoms with Crippen LogP contribution in [0.4, 0.5) is 0 Å². The van der Waals surface area contributed by atoms with Gasteiger partial charge in [0.1, 0.15) is 9.90 Å². The first kappa shape index (κ1) is 21.1. The molecule has 0 unspecified atom stereocenters. The minimum atomic E-state index is -3.64. The van der Waals surface area contributed by atoms with E-state index in [-0.39, 0.29) is 22.8 Å². The van der Waals surface area contributed by atoms with Crippen LogP contribution >= 0.6 is 11.3 Å². The SMILES string of the molecule is C[C@@H](c1nc2ccccc2s1)N(C)C(=O)C1CCN(C2=NS(=O)(=O)c3ccccc32)CC1. The Morgan fingerprint density at radius 3 is 2.56 bits per heavy atom. The summed E-state index contributed by atoms with van der Waals surface area (Å²) in [5, 5.41) is 0.932. The summed E-state index contributed by atoms with van der Waals surface area (Å²) >= 11 is 1.62. The molecule has 1 atom stereocenters. The summed E-state index contributed by atoms with van der Waals surface area (Å²) in [6.45, 7) is 3.21. The maximum atomic E-state index is 13.2. The number of benzene rings is 2. The van der Waals surface area contributed by atoms with Crippen molar-refractivity contribution in [2.75, 3.05) is 20.1 Å². The van der Waals surface area contributed by atoms with E-state index < -0.39 is 10.0 Å². The highest BCUT2D eigenvalue weighted by Gasteiger charge is 2.35. The van der Waals surface area contributed by atoms with Crippen molar-refractivity contribution in [3.8, 4) is 0 Å². The first-order chi connectivity index (χ1) is 15.3. The molecule has 32 heavy (non-hydrogen) atoms. The molecule has 166 valence electrons. The van der Waals surface area contributed by atoms with Gasteiger partial charge in [0, 0.05) is 31.6 Å². The molecule has 2 aliphatic rings. The number of hydrogen-bond acceptors (Lipinski definition) is 6. The minimum Gasteiger partial charge on any atom is -0.355 e. The number of piperidine rings is 1. The predicted molar refractivity (Wildman–Crippen MR) is 125 cm³/mol. The summed E-state index contributed by atoms with van der Waals surface area (Å²) in [6.07, 6.45) is 1.33. The van der Waals surface area contributed by atoms with Crippen LogP contribution in [-0.2, 0) is 14.8 Å². The maximum absolute atomic E-state index is 13.2. The number of thiazole rings is 1. The van der Waals surface area contributed by atoms with Gasteiger partial charge in [-0.3, -0.25) is 4.79 Å². The first-order valence-corrected chi connectivity index (χ1v) is 12.9. The Balaban J connectivity index is 1.26. The highest BCUT2D eigenvalue weighted by molar-refractivity contribution is 7.90. The quantitative estimate of drug-likeness (QED) is 0.586. The van der Waals surface area contributed by atoms with Crippen molar-refractivity contribution in [1.82, 2.24) is 14.8 Å². The number of fused-ring (bicyclic) bond motifs is 2. The molecule has 7 nitrogen and oxygen atoms in total. The van der Waals surface area contributed by atoms with E-state index in [1.54, 1.807) is 34.4 Å². The summed E-state index contributed by atoms with van der Waals surface area (Å²) in [4.78, 5) is 22.0. The fourth-order valence-electron chi connectivity index (χ4n) is 4.37. The Kier molecular flexibility index (Phi) is 5.25. The second-order valence-corrected chi connectivity index (χ2v) is 10.9. The van der Waals surface area contributed by atoms with Crippen LogP contribution < -0.4 is 0 Å². The number of amides is 1. The van der Waals surface area contributed by atoms with Gasteiger partial charge in [-0.05, 0) is 44.0 Å². The van der Waals surface area contributed by atoms with E-state index in [1.807, 2.05) is 49.2 Å². The van der Waals surface area contributed by atoms with Crippen LogP contribution in [0.3, 0.4) is 0 Å². The van der Waals surface area contributed by atoms with E-state index >= 15 is 0 Å². The van der Waals surface area contributed by atoms with Crippen LogP contribution in [0.25, 0.3) is 10.2 Å². The number of nitrogens with zero attached hydrogens (tertiary/aromatic N) is 4. The Morgan fingerprint density at radius 1 is 1.12 bits per heavy atom. The number of sulfonamides is 1. The van der Waals surface area contributed by atoms with E-state index in [0.29, 0.717) is 37.3 Å². The van der Waals surface area contributed by atoms with Crippen molar-refractivity contribution in [1.29, 1.82) is 0 Å². The fraction of sp³-hybridized carbons (Fsp3) is 0.348. The van der Waals surface area contributed by atoms with E-state index in [2.05, 4.69) is 4.40 Å². The second kappa shape index (κ2) is 7.97. The summed E-state index contributed by atoms with van der Waals surface area (Å²) < 4.78 is 29.9. The van der Waals surface area contributed by atoms with Gasteiger partial charge in [-0.2, -0.15) is 8.42 Å². The van der Waals surface area contributed by atoms with Crippen LogP contribution in [0.2, 0.25) is 0 Å². The molecule has 0 aliphatic carbocycles. The second-order valence-electron chi connectivity index (χ2n) is 8.29. The van der Waals surface area contributed by atoms with Crippen molar-refractivity contribution < 1.29 is 13.2 Å². The molecule has 3 aromatic rings. The molecule has 0 saturated carbocycles. The zero-order valence-corrected chi connectivity index (χ0v) is 19.6. The molecule has 3 heterocycles. The van der Waals surface area contributed by atoms with Crippen molar-refractivity contribution in [3.63, 3.8) is 0 Å². The largest absolute Gasteiger partial charge is 0.355 e. The molecule has 0 N–H and O–H groups in total. The number of amidine groups is 1. The molecule has 1 amide bonds. The van der Waals surface area contributed by atoms with Gasteiger partial charge in [-0.25, -0.2) is 4.98 Å². The lowest BCUT2D eigenvalue weighted by molar-refractivity contribution is -0.137. The van der Waals surface area contributed by atoms with Gasteiger partial charge in [-0.1, -0.05) is 24.3 Å². The van der Waals surface area contributed by atoms with E-state index in [1.165, 1.54) is 0 Å². The Hall–Kier alpha value is -2.78. The van der Waals surface area contributed by atoms with Gasteiger partial charge >= 0.3 is 0 Å².